The number of anilines is 1. The Kier molecular flexibility index (Phi) is 4.40. The monoisotopic (exact) mass is 268 g/mol. The summed E-state index contributed by atoms with van der Waals surface area (Å²) < 4.78 is 28.3. The van der Waals surface area contributed by atoms with Crippen molar-refractivity contribution in [3.63, 3.8) is 0 Å². The summed E-state index contributed by atoms with van der Waals surface area (Å²) in [6.07, 6.45) is 3.29. The van der Waals surface area contributed by atoms with Crippen molar-refractivity contribution in [2.45, 2.75) is 51.6 Å². The Hall–Kier alpha value is -1.16. The predicted octanol–water partition coefficient (Wildman–Crippen LogP) is 3.23. The first-order chi connectivity index (χ1) is 9.02. The molecule has 1 aromatic carbocycles. The summed E-state index contributed by atoms with van der Waals surface area (Å²) in [4.78, 5) is 1.83. The van der Waals surface area contributed by atoms with Crippen LogP contribution in [0.25, 0.3) is 0 Å². The third-order valence-electron chi connectivity index (χ3n) is 3.94. The van der Waals surface area contributed by atoms with Gasteiger partial charge >= 0.3 is 0 Å². The highest BCUT2D eigenvalue weighted by molar-refractivity contribution is 5.52. The van der Waals surface area contributed by atoms with E-state index in [0.717, 1.165) is 25.8 Å². The molecule has 2 rings (SSSR count). The van der Waals surface area contributed by atoms with Gasteiger partial charge in [0.2, 0.25) is 0 Å². The number of rotatable bonds is 4. The van der Waals surface area contributed by atoms with E-state index in [1.807, 2.05) is 18.7 Å². The van der Waals surface area contributed by atoms with Gasteiger partial charge in [0.15, 0.2) is 0 Å². The molecule has 1 heterocycles. The largest absolute Gasteiger partial charge is 0.364 e. The number of hydrogen-bond acceptors (Lipinski definition) is 2. The molecular weight excluding hydrogens is 246 g/mol. The van der Waals surface area contributed by atoms with Gasteiger partial charge in [-0.05, 0) is 50.3 Å². The van der Waals surface area contributed by atoms with Crippen LogP contribution in [0.2, 0.25) is 0 Å². The molecule has 4 heteroatoms. The highest BCUT2D eigenvalue weighted by atomic mass is 19.1. The van der Waals surface area contributed by atoms with E-state index in [1.165, 1.54) is 12.1 Å². The summed E-state index contributed by atoms with van der Waals surface area (Å²) in [7, 11) is 0. The van der Waals surface area contributed by atoms with E-state index in [9.17, 15) is 8.78 Å². The van der Waals surface area contributed by atoms with Crippen molar-refractivity contribution in [1.29, 1.82) is 0 Å². The van der Waals surface area contributed by atoms with Gasteiger partial charge in [0.05, 0.1) is 0 Å². The summed E-state index contributed by atoms with van der Waals surface area (Å²) in [5.41, 5.74) is 6.59. The summed E-state index contributed by atoms with van der Waals surface area (Å²) in [6, 6.07) is 3.01. The van der Waals surface area contributed by atoms with Crippen LogP contribution in [0.4, 0.5) is 14.5 Å². The number of benzene rings is 1. The molecule has 2 N–H and O–H groups in total. The molecule has 0 aromatic heterocycles. The van der Waals surface area contributed by atoms with Crippen LogP contribution >= 0.6 is 0 Å². The van der Waals surface area contributed by atoms with Gasteiger partial charge in [0, 0.05) is 18.6 Å². The second-order valence-electron chi connectivity index (χ2n) is 5.47. The normalized spacial score (nSPS) is 20.9. The van der Waals surface area contributed by atoms with Crippen LogP contribution in [0.3, 0.4) is 0 Å². The molecule has 106 valence electrons. The number of halogens is 2. The molecule has 1 aliphatic rings. The van der Waals surface area contributed by atoms with Gasteiger partial charge in [-0.1, -0.05) is 6.92 Å². The van der Waals surface area contributed by atoms with Crippen molar-refractivity contribution in [3.05, 3.63) is 29.3 Å². The molecule has 1 saturated heterocycles. The minimum atomic E-state index is -0.466. The van der Waals surface area contributed by atoms with Gasteiger partial charge in [0.1, 0.15) is 17.3 Å². The fraction of sp³-hybridized carbons (Fsp3) is 0.600. The van der Waals surface area contributed by atoms with E-state index in [4.69, 9.17) is 5.73 Å². The Labute approximate surface area is 113 Å². The lowest BCUT2D eigenvalue weighted by Crippen LogP contribution is -2.28. The molecule has 2 nitrogen and oxygen atoms in total. The molecule has 1 aliphatic heterocycles. The molecule has 1 fully saturated rings. The van der Waals surface area contributed by atoms with Crippen LogP contribution in [0, 0.1) is 11.6 Å². The Balaban J connectivity index is 2.27. The van der Waals surface area contributed by atoms with Crippen LogP contribution in [0.15, 0.2) is 12.1 Å². The summed E-state index contributed by atoms with van der Waals surface area (Å²) in [5.74, 6) is -0.931. The maximum Gasteiger partial charge on any atom is 0.149 e. The third kappa shape index (κ3) is 3.06. The molecule has 0 bridgehead atoms. The first-order valence-corrected chi connectivity index (χ1v) is 7.03. The fourth-order valence-electron chi connectivity index (χ4n) is 2.72. The van der Waals surface area contributed by atoms with Gasteiger partial charge < -0.3 is 10.6 Å². The maximum absolute atomic E-state index is 14.2. The van der Waals surface area contributed by atoms with Crippen molar-refractivity contribution >= 4 is 5.69 Å². The maximum atomic E-state index is 14.2. The Morgan fingerprint density at radius 2 is 2.00 bits per heavy atom. The second-order valence-corrected chi connectivity index (χ2v) is 5.47. The van der Waals surface area contributed by atoms with Crippen molar-refractivity contribution < 1.29 is 8.78 Å². The topological polar surface area (TPSA) is 29.3 Å². The Morgan fingerprint density at radius 1 is 1.37 bits per heavy atom. The van der Waals surface area contributed by atoms with Crippen LogP contribution in [-0.2, 0) is 6.42 Å². The van der Waals surface area contributed by atoms with Crippen LogP contribution < -0.4 is 10.6 Å². The Morgan fingerprint density at radius 3 is 2.47 bits per heavy atom. The number of nitrogens with zero attached hydrogens (tertiary/aromatic N) is 1. The minimum absolute atomic E-state index is 0.0460. The predicted molar refractivity (Wildman–Crippen MR) is 74.4 cm³/mol. The van der Waals surface area contributed by atoms with Gasteiger partial charge in [-0.2, -0.15) is 0 Å². The van der Waals surface area contributed by atoms with Gasteiger partial charge in [0.25, 0.3) is 0 Å². The standard InChI is InChI=1S/C15H22F2N2/c1-3-12(18)7-11-8-13(16)15(14(17)9-11)19-6-4-5-10(19)2/h8-10,12H,3-7,18H2,1-2H3. The van der Waals surface area contributed by atoms with Crippen LogP contribution in [0.5, 0.6) is 0 Å². The molecule has 0 aliphatic carbocycles. The smallest absolute Gasteiger partial charge is 0.149 e. The van der Waals surface area contributed by atoms with Gasteiger partial charge in [-0.3, -0.25) is 0 Å². The van der Waals surface area contributed by atoms with E-state index in [2.05, 4.69) is 0 Å². The molecule has 0 radical (unpaired) electrons. The van der Waals surface area contributed by atoms with E-state index in [0.29, 0.717) is 12.0 Å². The van der Waals surface area contributed by atoms with Gasteiger partial charge in [-0.25, -0.2) is 8.78 Å². The van der Waals surface area contributed by atoms with Crippen molar-refractivity contribution in [3.8, 4) is 0 Å². The molecule has 0 saturated carbocycles. The molecule has 0 amide bonds. The highest BCUT2D eigenvalue weighted by Crippen LogP contribution is 2.31. The van der Waals surface area contributed by atoms with E-state index < -0.39 is 11.6 Å². The van der Waals surface area contributed by atoms with E-state index >= 15 is 0 Å². The molecule has 0 spiro atoms. The van der Waals surface area contributed by atoms with Crippen LogP contribution in [0.1, 0.15) is 38.7 Å². The lowest BCUT2D eigenvalue weighted by Gasteiger charge is -2.25. The lowest BCUT2D eigenvalue weighted by molar-refractivity contribution is 0.559. The molecule has 19 heavy (non-hydrogen) atoms. The zero-order chi connectivity index (χ0) is 14.0. The molecular formula is C15H22F2N2. The van der Waals surface area contributed by atoms with E-state index in [-0.39, 0.29) is 17.8 Å². The van der Waals surface area contributed by atoms with Crippen LogP contribution in [-0.4, -0.2) is 18.6 Å². The zero-order valence-electron chi connectivity index (χ0n) is 11.6. The first kappa shape index (κ1) is 14.3. The van der Waals surface area contributed by atoms with Crippen molar-refractivity contribution in [2.24, 2.45) is 5.73 Å². The molecule has 2 unspecified atom stereocenters. The quantitative estimate of drug-likeness (QED) is 0.908. The number of hydrogen-bond donors (Lipinski definition) is 1. The third-order valence-corrected chi connectivity index (χ3v) is 3.94. The van der Waals surface area contributed by atoms with Crippen molar-refractivity contribution in [2.75, 3.05) is 11.4 Å². The SMILES string of the molecule is CCC(N)Cc1cc(F)c(N2CCCC2C)c(F)c1. The second kappa shape index (κ2) is 5.87. The molecule has 1 aromatic rings. The Bertz CT molecular complexity index is 425. The summed E-state index contributed by atoms with van der Waals surface area (Å²) in [5, 5.41) is 0. The minimum Gasteiger partial charge on any atom is -0.364 e. The van der Waals surface area contributed by atoms with Gasteiger partial charge in [-0.15, -0.1) is 0 Å². The number of nitrogens with two attached hydrogens (primary N) is 1. The fourth-order valence-corrected chi connectivity index (χ4v) is 2.72. The highest BCUT2D eigenvalue weighted by Gasteiger charge is 2.26. The first-order valence-electron chi connectivity index (χ1n) is 7.03. The van der Waals surface area contributed by atoms with E-state index in [1.54, 1.807) is 0 Å². The zero-order valence-corrected chi connectivity index (χ0v) is 11.6. The summed E-state index contributed by atoms with van der Waals surface area (Å²) in [6.45, 7) is 4.70. The average molecular weight is 268 g/mol. The van der Waals surface area contributed by atoms with Crippen molar-refractivity contribution in [1.82, 2.24) is 0 Å². The lowest BCUT2D eigenvalue weighted by atomic mass is 10.0. The molecule has 2 atom stereocenters. The summed E-state index contributed by atoms with van der Waals surface area (Å²) >= 11 is 0. The average Bonchev–Trinajstić information content (AvgIpc) is 2.75.